The minimum atomic E-state index is -0.949. The van der Waals surface area contributed by atoms with Gasteiger partial charge in [-0.15, -0.1) is 11.3 Å². The number of nitrogens with zero attached hydrogens (tertiary/aromatic N) is 1. The summed E-state index contributed by atoms with van der Waals surface area (Å²) < 4.78 is 5.89. The van der Waals surface area contributed by atoms with E-state index in [0.29, 0.717) is 13.0 Å². The number of amides is 1. The Morgan fingerprint density at radius 3 is 2.39 bits per heavy atom. The Hall–Kier alpha value is -3.71. The number of allylic oxidation sites excluding steroid dienone is 2. The van der Waals surface area contributed by atoms with Gasteiger partial charge in [-0.25, -0.2) is 9.78 Å². The molecule has 0 unspecified atom stereocenters. The Morgan fingerprint density at radius 2 is 1.75 bits per heavy atom. The number of aliphatic carboxylic acids is 1. The quantitative estimate of drug-likeness (QED) is 0.239. The number of aromatic nitrogens is 1. The molecular weight excluding hydrogens is 472 g/mol. The Labute approximate surface area is 216 Å². The Bertz CT molecular complexity index is 1230. The summed E-state index contributed by atoms with van der Waals surface area (Å²) in [4.78, 5) is 28.3. The number of rotatable bonds is 11. The van der Waals surface area contributed by atoms with E-state index in [1.807, 2.05) is 86.8 Å². The molecular formula is C29H32N2O4S. The molecule has 7 heteroatoms. The number of carbonyl (C=O) groups is 2. The molecule has 0 spiro atoms. The number of ether oxygens (including phenoxy) is 1. The molecule has 0 bridgehead atoms. The molecule has 0 saturated heterocycles. The number of nitrogens with one attached hydrogen (secondary N) is 1. The van der Waals surface area contributed by atoms with Gasteiger partial charge in [-0.2, -0.15) is 0 Å². The van der Waals surface area contributed by atoms with Gasteiger partial charge < -0.3 is 15.2 Å². The first-order chi connectivity index (χ1) is 17.2. The van der Waals surface area contributed by atoms with Crippen LogP contribution in [0.15, 0.2) is 77.2 Å². The minimum Gasteiger partial charge on any atom is -0.489 e. The lowest BCUT2D eigenvalue weighted by Crippen LogP contribution is -2.33. The third-order valence-corrected chi connectivity index (χ3v) is 6.42. The topological polar surface area (TPSA) is 88.5 Å². The van der Waals surface area contributed by atoms with Crippen LogP contribution in [0.5, 0.6) is 5.75 Å². The first-order valence-corrected chi connectivity index (χ1v) is 12.7. The predicted octanol–water partition coefficient (Wildman–Crippen LogP) is 6.21. The van der Waals surface area contributed by atoms with E-state index in [1.54, 1.807) is 13.0 Å². The summed E-state index contributed by atoms with van der Waals surface area (Å²) in [5.41, 5.74) is 3.95. The van der Waals surface area contributed by atoms with E-state index in [-0.39, 0.29) is 23.4 Å². The van der Waals surface area contributed by atoms with E-state index in [0.717, 1.165) is 33.2 Å². The highest BCUT2D eigenvalue weighted by molar-refractivity contribution is 7.09. The Balaban J connectivity index is 1.73. The van der Waals surface area contributed by atoms with E-state index in [1.165, 1.54) is 11.3 Å². The van der Waals surface area contributed by atoms with E-state index in [9.17, 15) is 9.59 Å². The molecule has 3 rings (SSSR count). The molecule has 0 saturated carbocycles. The largest absolute Gasteiger partial charge is 0.489 e. The maximum Gasteiger partial charge on any atom is 0.331 e. The molecule has 1 amide bonds. The zero-order chi connectivity index (χ0) is 26.1. The van der Waals surface area contributed by atoms with Crippen LogP contribution in [0.1, 0.15) is 55.6 Å². The summed E-state index contributed by atoms with van der Waals surface area (Å²) in [7, 11) is 0. The fourth-order valence-corrected chi connectivity index (χ4v) is 4.27. The van der Waals surface area contributed by atoms with Gasteiger partial charge in [-0.3, -0.25) is 4.79 Å². The van der Waals surface area contributed by atoms with Gasteiger partial charge in [0.15, 0.2) is 0 Å². The van der Waals surface area contributed by atoms with Crippen molar-refractivity contribution in [3.05, 3.63) is 99.0 Å². The van der Waals surface area contributed by atoms with Crippen molar-refractivity contribution in [2.75, 3.05) is 0 Å². The molecule has 0 radical (unpaired) electrons. The first-order valence-electron chi connectivity index (χ1n) is 11.8. The molecule has 1 heterocycles. The van der Waals surface area contributed by atoms with Crippen molar-refractivity contribution >= 4 is 29.3 Å². The first kappa shape index (κ1) is 26.9. The molecule has 0 fully saturated rings. The zero-order valence-electron chi connectivity index (χ0n) is 21.0. The van der Waals surface area contributed by atoms with E-state index >= 15 is 0 Å². The van der Waals surface area contributed by atoms with Crippen LogP contribution >= 0.6 is 11.3 Å². The molecule has 36 heavy (non-hydrogen) atoms. The third-order valence-electron chi connectivity index (χ3n) is 5.45. The summed E-state index contributed by atoms with van der Waals surface area (Å²) >= 11 is 1.47. The second kappa shape index (κ2) is 12.8. The van der Waals surface area contributed by atoms with Gasteiger partial charge in [0.1, 0.15) is 17.4 Å². The van der Waals surface area contributed by atoms with Crippen molar-refractivity contribution in [2.45, 2.75) is 46.8 Å². The van der Waals surface area contributed by atoms with Gasteiger partial charge in [0.2, 0.25) is 5.91 Å². The highest BCUT2D eigenvalue weighted by atomic mass is 32.1. The molecule has 2 aromatic carbocycles. The lowest BCUT2D eigenvalue weighted by molar-refractivity contribution is -0.132. The number of hydrogen-bond donors (Lipinski definition) is 2. The summed E-state index contributed by atoms with van der Waals surface area (Å²) in [6.07, 6.45) is 4.04. The van der Waals surface area contributed by atoms with E-state index in [2.05, 4.69) is 5.32 Å². The predicted molar refractivity (Wildman–Crippen MR) is 144 cm³/mol. The molecule has 2 N–H and O–H groups in total. The molecule has 0 aliphatic carbocycles. The van der Waals surface area contributed by atoms with Crippen LogP contribution in [0.25, 0.3) is 6.08 Å². The number of thiazole rings is 1. The number of carboxylic acid groups (broad SMARTS) is 1. The normalized spacial score (nSPS) is 12.9. The van der Waals surface area contributed by atoms with Crippen molar-refractivity contribution in [1.29, 1.82) is 0 Å². The SMILES string of the molecule is CC(=Cc1csc([C@H](Cc2ccc(OCc3ccccc3)cc2)NC(=O)C(C)C)n1)C=C(C)C(=O)O. The van der Waals surface area contributed by atoms with E-state index in [4.69, 9.17) is 14.8 Å². The van der Waals surface area contributed by atoms with Crippen LogP contribution < -0.4 is 10.1 Å². The number of benzene rings is 2. The van der Waals surface area contributed by atoms with Crippen LogP contribution in [0, 0.1) is 5.92 Å². The van der Waals surface area contributed by atoms with E-state index < -0.39 is 5.97 Å². The lowest BCUT2D eigenvalue weighted by atomic mass is 10.0. The second-order valence-corrected chi connectivity index (χ2v) is 9.86. The molecule has 1 aromatic heterocycles. The summed E-state index contributed by atoms with van der Waals surface area (Å²) in [6.45, 7) is 7.62. The lowest BCUT2D eigenvalue weighted by Gasteiger charge is -2.18. The van der Waals surface area contributed by atoms with Gasteiger partial charge in [0.05, 0.1) is 11.7 Å². The van der Waals surface area contributed by atoms with Crippen LogP contribution in [0.3, 0.4) is 0 Å². The number of carbonyl (C=O) groups excluding carboxylic acids is 1. The van der Waals surface area contributed by atoms with Crippen LogP contribution in [0.4, 0.5) is 0 Å². The molecule has 6 nitrogen and oxygen atoms in total. The standard InChI is InChI=1S/C29H32N2O4S/c1-19(2)27(32)31-26(28-30-24(18-36-28)15-20(3)14-21(4)29(33)34)16-22-10-12-25(13-11-22)35-17-23-8-6-5-7-9-23/h5-15,18-19,26H,16-17H2,1-4H3,(H,31,32)(H,33,34)/t26-/m0/s1. The van der Waals surface area contributed by atoms with Gasteiger partial charge in [-0.1, -0.05) is 56.3 Å². The van der Waals surface area contributed by atoms with Crippen molar-refractivity contribution in [2.24, 2.45) is 5.92 Å². The van der Waals surface area contributed by atoms with Crippen molar-refractivity contribution < 1.29 is 19.4 Å². The average Bonchev–Trinajstić information content (AvgIpc) is 3.31. The van der Waals surface area contributed by atoms with Crippen molar-refractivity contribution in [3.63, 3.8) is 0 Å². The van der Waals surface area contributed by atoms with Gasteiger partial charge in [0, 0.05) is 16.9 Å². The molecule has 0 aliphatic rings. The third kappa shape index (κ3) is 8.20. The van der Waals surface area contributed by atoms with Crippen LogP contribution in [-0.4, -0.2) is 22.0 Å². The summed E-state index contributed by atoms with van der Waals surface area (Å²) in [6, 6.07) is 17.6. The Morgan fingerprint density at radius 1 is 1.06 bits per heavy atom. The maximum absolute atomic E-state index is 12.5. The summed E-state index contributed by atoms with van der Waals surface area (Å²) in [5, 5.41) is 14.9. The highest BCUT2D eigenvalue weighted by Crippen LogP contribution is 2.25. The molecule has 188 valence electrons. The maximum atomic E-state index is 12.5. The van der Waals surface area contributed by atoms with Crippen molar-refractivity contribution in [3.8, 4) is 5.75 Å². The van der Waals surface area contributed by atoms with Crippen molar-refractivity contribution in [1.82, 2.24) is 10.3 Å². The molecule has 1 atom stereocenters. The van der Waals surface area contributed by atoms with Gasteiger partial charge in [0.25, 0.3) is 0 Å². The average molecular weight is 505 g/mol. The fraction of sp³-hybridized carbons (Fsp3) is 0.276. The monoisotopic (exact) mass is 504 g/mol. The number of carboxylic acids is 1. The van der Waals surface area contributed by atoms with Crippen LogP contribution in [-0.2, 0) is 22.6 Å². The fourth-order valence-electron chi connectivity index (χ4n) is 3.44. The summed E-state index contributed by atoms with van der Waals surface area (Å²) in [5.74, 6) is -0.347. The van der Waals surface area contributed by atoms with Gasteiger partial charge >= 0.3 is 5.97 Å². The van der Waals surface area contributed by atoms with Gasteiger partial charge in [-0.05, 0) is 61.3 Å². The Kier molecular flexibility index (Phi) is 9.59. The second-order valence-electron chi connectivity index (χ2n) is 8.97. The van der Waals surface area contributed by atoms with Crippen LogP contribution in [0.2, 0.25) is 0 Å². The minimum absolute atomic E-state index is 0.0358. The molecule has 0 aliphatic heterocycles. The number of hydrogen-bond acceptors (Lipinski definition) is 5. The highest BCUT2D eigenvalue weighted by Gasteiger charge is 2.20. The molecule has 3 aromatic rings. The smallest absolute Gasteiger partial charge is 0.331 e. The zero-order valence-corrected chi connectivity index (χ0v) is 21.8.